The Labute approximate surface area is 209 Å². The number of unbranched alkanes of at least 4 members (excludes halogenated alkanes) is 1. The summed E-state index contributed by atoms with van der Waals surface area (Å²) < 4.78 is 5.77. The van der Waals surface area contributed by atoms with Crippen LogP contribution in [0.25, 0.3) is 0 Å². The smallest absolute Gasteiger partial charge is 0.311 e. The van der Waals surface area contributed by atoms with E-state index >= 15 is 0 Å². The zero-order valence-corrected chi connectivity index (χ0v) is 21.1. The van der Waals surface area contributed by atoms with Crippen molar-refractivity contribution in [3.63, 3.8) is 0 Å². The summed E-state index contributed by atoms with van der Waals surface area (Å²) in [5.41, 5.74) is 4.76. The van der Waals surface area contributed by atoms with E-state index < -0.39 is 0 Å². The van der Waals surface area contributed by atoms with E-state index in [1.807, 2.05) is 36.4 Å². The van der Waals surface area contributed by atoms with E-state index in [2.05, 4.69) is 43.0 Å². The van der Waals surface area contributed by atoms with Crippen molar-refractivity contribution in [3.05, 3.63) is 105 Å². The number of benzene rings is 3. The Morgan fingerprint density at radius 3 is 2.00 bits per heavy atom. The van der Waals surface area contributed by atoms with Gasteiger partial charge in [0.05, 0.1) is 4.92 Å². The van der Waals surface area contributed by atoms with Crippen LogP contribution in [0, 0.1) is 10.1 Å². The lowest BCUT2D eigenvalue weighted by atomic mass is 10.0. The molecule has 0 aliphatic rings. The number of nitro groups is 1. The van der Waals surface area contributed by atoms with Gasteiger partial charge in [0.25, 0.3) is 0 Å². The van der Waals surface area contributed by atoms with Gasteiger partial charge < -0.3 is 9.64 Å². The molecule has 0 fully saturated rings. The molecule has 0 radical (unpaired) electrons. The van der Waals surface area contributed by atoms with Gasteiger partial charge in [-0.1, -0.05) is 80.9 Å². The first-order valence-electron chi connectivity index (χ1n) is 12.8. The Morgan fingerprint density at radius 1 is 0.743 bits per heavy atom. The summed E-state index contributed by atoms with van der Waals surface area (Å²) in [6, 6.07) is 24.1. The molecule has 5 nitrogen and oxygen atoms in total. The minimum Gasteiger partial charge on any atom is -0.482 e. The van der Waals surface area contributed by atoms with Gasteiger partial charge in [-0.25, -0.2) is 0 Å². The van der Waals surface area contributed by atoms with Crippen molar-refractivity contribution < 1.29 is 9.66 Å². The lowest BCUT2D eigenvalue weighted by molar-refractivity contribution is -0.386. The second kappa shape index (κ2) is 14.3. The third-order valence-corrected chi connectivity index (χ3v) is 6.27. The molecule has 0 saturated heterocycles. The number of hydrogen-bond acceptors (Lipinski definition) is 4. The molecule has 0 N–H and O–H groups in total. The Hall–Kier alpha value is -3.18. The van der Waals surface area contributed by atoms with E-state index in [1.54, 1.807) is 12.1 Å². The van der Waals surface area contributed by atoms with Crippen molar-refractivity contribution >= 4 is 5.69 Å². The maximum Gasteiger partial charge on any atom is 0.311 e. The van der Waals surface area contributed by atoms with Crippen LogP contribution < -0.4 is 4.74 Å². The predicted octanol–water partition coefficient (Wildman–Crippen LogP) is 7.01. The fourth-order valence-electron chi connectivity index (χ4n) is 4.20. The van der Waals surface area contributed by atoms with Crippen molar-refractivity contribution in [1.82, 2.24) is 4.90 Å². The van der Waals surface area contributed by atoms with Gasteiger partial charge in [-0.2, -0.15) is 0 Å². The molecule has 0 aliphatic heterocycles. The van der Waals surface area contributed by atoms with Gasteiger partial charge in [-0.15, -0.1) is 0 Å². The average Bonchev–Trinajstić information content (AvgIpc) is 2.89. The standard InChI is InChI=1S/C30H38N2O3/c1-3-5-9-25-12-14-26(15-13-25)18-21-31(20-4-2)22-19-27-16-17-30(29(23-27)32(33)34)35-24-28-10-7-6-8-11-28/h6-8,10-17,23H,3-5,9,18-22,24H2,1-2H3. The van der Waals surface area contributed by atoms with E-state index in [0.29, 0.717) is 12.4 Å². The number of aryl methyl sites for hydroxylation is 1. The van der Waals surface area contributed by atoms with Gasteiger partial charge in [-0.05, 0) is 67.0 Å². The van der Waals surface area contributed by atoms with Gasteiger partial charge >= 0.3 is 5.69 Å². The first-order valence-corrected chi connectivity index (χ1v) is 12.8. The van der Waals surface area contributed by atoms with Crippen LogP contribution >= 0.6 is 0 Å². The first-order chi connectivity index (χ1) is 17.1. The fourth-order valence-corrected chi connectivity index (χ4v) is 4.20. The molecular weight excluding hydrogens is 436 g/mol. The van der Waals surface area contributed by atoms with Crippen LogP contribution in [0.3, 0.4) is 0 Å². The summed E-state index contributed by atoms with van der Waals surface area (Å²) >= 11 is 0. The minimum absolute atomic E-state index is 0.0311. The summed E-state index contributed by atoms with van der Waals surface area (Å²) in [5, 5.41) is 11.7. The normalized spacial score (nSPS) is 11.1. The summed E-state index contributed by atoms with van der Waals surface area (Å²) in [6.07, 6.45) is 6.49. The molecule has 186 valence electrons. The fraction of sp³-hybridized carbons (Fsp3) is 0.400. The molecular formula is C30H38N2O3. The molecule has 3 aromatic carbocycles. The number of ether oxygens (including phenoxy) is 1. The quantitative estimate of drug-likeness (QED) is 0.176. The van der Waals surface area contributed by atoms with E-state index in [4.69, 9.17) is 4.74 Å². The van der Waals surface area contributed by atoms with E-state index in [-0.39, 0.29) is 10.6 Å². The molecule has 3 rings (SSSR count). The minimum atomic E-state index is -0.349. The molecule has 3 aromatic rings. The maximum atomic E-state index is 11.7. The van der Waals surface area contributed by atoms with Crippen LogP contribution in [0.2, 0.25) is 0 Å². The molecule has 0 heterocycles. The third kappa shape index (κ3) is 8.84. The molecule has 0 atom stereocenters. The van der Waals surface area contributed by atoms with Gasteiger partial charge in [0.1, 0.15) is 6.61 Å². The Kier molecular flexibility index (Phi) is 10.8. The number of hydrogen-bond donors (Lipinski definition) is 0. The van der Waals surface area contributed by atoms with Crippen LogP contribution in [0.15, 0.2) is 72.8 Å². The molecule has 0 unspecified atom stereocenters. The zero-order chi connectivity index (χ0) is 24.9. The highest BCUT2D eigenvalue weighted by Crippen LogP contribution is 2.29. The Morgan fingerprint density at radius 2 is 1.37 bits per heavy atom. The van der Waals surface area contributed by atoms with Gasteiger partial charge in [0.15, 0.2) is 5.75 Å². The Balaban J connectivity index is 1.56. The first kappa shape index (κ1) is 26.4. The molecule has 0 amide bonds. The van der Waals surface area contributed by atoms with Gasteiger partial charge in [-0.3, -0.25) is 10.1 Å². The number of nitrogens with zero attached hydrogens (tertiary/aromatic N) is 2. The lowest BCUT2D eigenvalue weighted by Gasteiger charge is -2.22. The zero-order valence-electron chi connectivity index (χ0n) is 21.1. The lowest BCUT2D eigenvalue weighted by Crippen LogP contribution is -2.29. The van der Waals surface area contributed by atoms with Crippen molar-refractivity contribution in [2.75, 3.05) is 19.6 Å². The van der Waals surface area contributed by atoms with Crippen molar-refractivity contribution in [2.45, 2.75) is 59.0 Å². The number of rotatable bonds is 15. The van der Waals surface area contributed by atoms with Crippen LogP contribution in [-0.2, 0) is 25.9 Å². The van der Waals surface area contributed by atoms with E-state index in [1.165, 1.54) is 24.0 Å². The van der Waals surface area contributed by atoms with E-state index in [9.17, 15) is 10.1 Å². The maximum absolute atomic E-state index is 11.7. The van der Waals surface area contributed by atoms with E-state index in [0.717, 1.165) is 56.4 Å². The number of nitro benzene ring substituents is 1. The largest absolute Gasteiger partial charge is 0.482 e. The summed E-state index contributed by atoms with van der Waals surface area (Å²) in [7, 11) is 0. The summed E-state index contributed by atoms with van der Waals surface area (Å²) in [5.74, 6) is 0.315. The highest BCUT2D eigenvalue weighted by Gasteiger charge is 2.17. The second-order valence-corrected chi connectivity index (χ2v) is 9.10. The molecule has 0 aliphatic carbocycles. The summed E-state index contributed by atoms with van der Waals surface area (Å²) in [6.45, 7) is 7.62. The topological polar surface area (TPSA) is 55.6 Å². The van der Waals surface area contributed by atoms with Crippen LogP contribution in [0.5, 0.6) is 5.75 Å². The average molecular weight is 475 g/mol. The van der Waals surface area contributed by atoms with Crippen LogP contribution in [-0.4, -0.2) is 29.5 Å². The monoisotopic (exact) mass is 474 g/mol. The van der Waals surface area contributed by atoms with Crippen molar-refractivity contribution in [1.29, 1.82) is 0 Å². The van der Waals surface area contributed by atoms with Crippen molar-refractivity contribution in [3.8, 4) is 5.75 Å². The molecule has 0 saturated carbocycles. The predicted molar refractivity (Wildman–Crippen MR) is 143 cm³/mol. The molecule has 0 bridgehead atoms. The van der Waals surface area contributed by atoms with Gasteiger partial charge in [0.2, 0.25) is 0 Å². The van der Waals surface area contributed by atoms with Crippen molar-refractivity contribution in [2.24, 2.45) is 0 Å². The Bertz CT molecular complexity index is 1040. The highest BCUT2D eigenvalue weighted by molar-refractivity contribution is 5.49. The van der Waals surface area contributed by atoms with Crippen LogP contribution in [0.1, 0.15) is 55.4 Å². The molecule has 35 heavy (non-hydrogen) atoms. The highest BCUT2D eigenvalue weighted by atomic mass is 16.6. The van der Waals surface area contributed by atoms with Gasteiger partial charge in [0, 0.05) is 19.2 Å². The molecule has 5 heteroatoms. The summed E-state index contributed by atoms with van der Waals surface area (Å²) in [4.78, 5) is 13.8. The molecule has 0 spiro atoms. The molecule has 0 aromatic heterocycles. The third-order valence-electron chi connectivity index (χ3n) is 6.27. The van der Waals surface area contributed by atoms with Crippen LogP contribution in [0.4, 0.5) is 5.69 Å². The SMILES string of the molecule is CCCCc1ccc(CCN(CCC)CCc2ccc(OCc3ccccc3)c([N+](=O)[O-])c2)cc1. The second-order valence-electron chi connectivity index (χ2n) is 9.10.